The van der Waals surface area contributed by atoms with Crippen molar-refractivity contribution >= 4 is 6.71 Å². The minimum absolute atomic E-state index is 0.125. The zero-order valence-electron chi connectivity index (χ0n) is 10.1. The highest BCUT2D eigenvalue weighted by atomic mass is 15.3. The second-order valence-corrected chi connectivity index (χ2v) is 4.63. The average molecular weight is 236 g/mol. The van der Waals surface area contributed by atoms with E-state index in [1.807, 2.05) is 22.9 Å². The van der Waals surface area contributed by atoms with Crippen LogP contribution in [0.5, 0.6) is 0 Å². The van der Waals surface area contributed by atoms with Crippen LogP contribution in [0.4, 0.5) is 0 Å². The molecule has 0 unspecified atom stereocenters. The lowest BCUT2D eigenvalue weighted by Crippen LogP contribution is -2.13. The van der Waals surface area contributed by atoms with Gasteiger partial charge in [0, 0.05) is 24.4 Å². The van der Waals surface area contributed by atoms with Gasteiger partial charge in [-0.2, -0.15) is 5.10 Å². The molecule has 0 aromatic carbocycles. The second kappa shape index (κ2) is 4.65. The van der Waals surface area contributed by atoms with Gasteiger partial charge in [-0.25, -0.2) is 5.26 Å². The Morgan fingerprint density at radius 3 is 3.06 bits per heavy atom. The predicted molar refractivity (Wildman–Crippen MR) is 70.0 cm³/mol. The van der Waals surface area contributed by atoms with E-state index in [0.29, 0.717) is 0 Å². The summed E-state index contributed by atoms with van der Waals surface area (Å²) < 4.78 is 2.03. The van der Waals surface area contributed by atoms with Crippen LogP contribution in [0.3, 0.4) is 0 Å². The van der Waals surface area contributed by atoms with E-state index in [0.717, 1.165) is 42.7 Å². The Kier molecular flexibility index (Phi) is 2.85. The SMILES string of the molecule is N#CB1CCCn2nc(-c3ccccn3)cc2C1. The molecule has 1 aliphatic rings. The zero-order chi connectivity index (χ0) is 12.4. The molecule has 88 valence electrons. The van der Waals surface area contributed by atoms with E-state index in [1.54, 1.807) is 6.20 Å². The van der Waals surface area contributed by atoms with Crippen molar-refractivity contribution in [3.63, 3.8) is 0 Å². The van der Waals surface area contributed by atoms with Crippen molar-refractivity contribution in [2.24, 2.45) is 0 Å². The molecule has 0 saturated carbocycles. The van der Waals surface area contributed by atoms with Gasteiger partial charge in [0.15, 0.2) is 0 Å². The van der Waals surface area contributed by atoms with Gasteiger partial charge in [-0.15, -0.1) is 0 Å². The maximum Gasteiger partial charge on any atom is 0.273 e. The first-order valence-electron chi connectivity index (χ1n) is 6.24. The summed E-state index contributed by atoms with van der Waals surface area (Å²) in [6.07, 6.45) is 4.57. The third kappa shape index (κ3) is 2.02. The zero-order valence-corrected chi connectivity index (χ0v) is 10.1. The molecule has 0 aliphatic carbocycles. The Morgan fingerprint density at radius 1 is 1.33 bits per heavy atom. The largest absolute Gasteiger partial charge is 0.273 e. The van der Waals surface area contributed by atoms with E-state index >= 15 is 0 Å². The van der Waals surface area contributed by atoms with Crippen LogP contribution in [0, 0.1) is 11.2 Å². The van der Waals surface area contributed by atoms with E-state index in [2.05, 4.69) is 22.1 Å². The fraction of sp³-hybridized carbons (Fsp3) is 0.308. The molecule has 3 heterocycles. The number of nitriles is 1. The number of hydrogen-bond acceptors (Lipinski definition) is 3. The molecule has 0 radical (unpaired) electrons. The molecule has 3 rings (SSSR count). The molecule has 0 amide bonds. The van der Waals surface area contributed by atoms with Crippen molar-refractivity contribution in [3.8, 4) is 17.4 Å². The molecule has 2 aromatic rings. The van der Waals surface area contributed by atoms with E-state index < -0.39 is 0 Å². The summed E-state index contributed by atoms with van der Waals surface area (Å²) in [5.41, 5.74) is 2.95. The predicted octanol–water partition coefficient (Wildman–Crippen LogP) is 1.99. The Balaban J connectivity index is 1.96. The summed E-state index contributed by atoms with van der Waals surface area (Å²) >= 11 is 0. The highest BCUT2D eigenvalue weighted by molar-refractivity contribution is 6.66. The lowest BCUT2D eigenvalue weighted by Gasteiger charge is -1.99. The number of aryl methyl sites for hydroxylation is 1. The first-order valence-corrected chi connectivity index (χ1v) is 6.24. The van der Waals surface area contributed by atoms with E-state index in [-0.39, 0.29) is 6.71 Å². The first kappa shape index (κ1) is 11.0. The van der Waals surface area contributed by atoms with E-state index in [9.17, 15) is 0 Å². The van der Waals surface area contributed by atoms with Gasteiger partial charge < -0.3 is 0 Å². The Labute approximate surface area is 106 Å². The Bertz CT molecular complexity index is 585. The van der Waals surface area contributed by atoms with Gasteiger partial charge in [0.25, 0.3) is 6.71 Å². The summed E-state index contributed by atoms with van der Waals surface area (Å²) in [5.74, 6) is 2.38. The number of hydrogen-bond donors (Lipinski definition) is 0. The average Bonchev–Trinajstić information content (AvgIpc) is 2.72. The lowest BCUT2D eigenvalue weighted by atomic mass is 9.46. The van der Waals surface area contributed by atoms with Crippen LogP contribution in [-0.4, -0.2) is 21.5 Å². The maximum atomic E-state index is 9.07. The molecule has 0 spiro atoms. The standard InChI is InChI=1S/C13H13BN4/c15-10-14-5-3-7-18-11(9-14)8-13(17-18)12-4-1-2-6-16-12/h1-2,4,6,8H,3,5,7,9H2. The fourth-order valence-electron chi connectivity index (χ4n) is 2.40. The van der Waals surface area contributed by atoms with Crippen LogP contribution in [0.1, 0.15) is 12.1 Å². The Hall–Kier alpha value is -2.09. The molecule has 0 bridgehead atoms. The van der Waals surface area contributed by atoms with Crippen LogP contribution in [-0.2, 0) is 12.9 Å². The quantitative estimate of drug-likeness (QED) is 0.711. The molecule has 5 heteroatoms. The van der Waals surface area contributed by atoms with Gasteiger partial charge in [0.05, 0.1) is 5.69 Å². The van der Waals surface area contributed by atoms with E-state index in [4.69, 9.17) is 5.26 Å². The summed E-state index contributed by atoms with van der Waals surface area (Å²) in [6.45, 7) is 1.03. The highest BCUT2D eigenvalue weighted by Crippen LogP contribution is 2.21. The smallest absolute Gasteiger partial charge is 0.270 e. The summed E-state index contributed by atoms with van der Waals surface area (Å²) in [5, 5.41) is 13.7. The molecule has 0 atom stereocenters. The van der Waals surface area contributed by atoms with Crippen molar-refractivity contribution in [1.82, 2.24) is 14.8 Å². The van der Waals surface area contributed by atoms with Crippen LogP contribution < -0.4 is 0 Å². The monoisotopic (exact) mass is 236 g/mol. The number of fused-ring (bicyclic) bond motifs is 1. The first-order chi connectivity index (χ1) is 8.86. The minimum Gasteiger partial charge on any atom is -0.270 e. The normalized spacial score (nSPS) is 14.7. The maximum absolute atomic E-state index is 9.07. The lowest BCUT2D eigenvalue weighted by molar-refractivity contribution is 0.594. The van der Waals surface area contributed by atoms with Gasteiger partial charge in [-0.1, -0.05) is 12.4 Å². The van der Waals surface area contributed by atoms with Gasteiger partial charge in [0.1, 0.15) is 5.69 Å². The minimum atomic E-state index is 0.125. The molecule has 18 heavy (non-hydrogen) atoms. The highest BCUT2D eigenvalue weighted by Gasteiger charge is 2.22. The van der Waals surface area contributed by atoms with Gasteiger partial charge in [-0.3, -0.25) is 9.67 Å². The van der Waals surface area contributed by atoms with Crippen molar-refractivity contribution in [2.45, 2.75) is 25.6 Å². The van der Waals surface area contributed by atoms with Crippen LogP contribution in [0.2, 0.25) is 6.32 Å². The molecule has 2 aromatic heterocycles. The number of rotatable bonds is 1. The molecule has 4 nitrogen and oxygen atoms in total. The van der Waals surface area contributed by atoms with Crippen molar-refractivity contribution in [1.29, 1.82) is 5.26 Å². The summed E-state index contributed by atoms with van der Waals surface area (Å²) in [4.78, 5) is 4.31. The molecule has 0 N–H and O–H groups in total. The molecule has 0 saturated heterocycles. The molecular weight excluding hydrogens is 223 g/mol. The van der Waals surface area contributed by atoms with Gasteiger partial charge in [0.2, 0.25) is 0 Å². The topological polar surface area (TPSA) is 54.5 Å². The molecule has 0 fully saturated rings. The second-order valence-electron chi connectivity index (χ2n) is 4.63. The summed E-state index contributed by atoms with van der Waals surface area (Å²) in [6, 6.07) is 7.89. The van der Waals surface area contributed by atoms with Crippen molar-refractivity contribution < 1.29 is 0 Å². The van der Waals surface area contributed by atoms with Crippen molar-refractivity contribution in [2.75, 3.05) is 0 Å². The van der Waals surface area contributed by atoms with Gasteiger partial charge in [-0.05, 0) is 30.9 Å². The molecule has 1 aliphatic heterocycles. The van der Waals surface area contributed by atoms with Crippen LogP contribution in [0.15, 0.2) is 30.5 Å². The molecular formula is C13H13BN4. The van der Waals surface area contributed by atoms with Crippen LogP contribution >= 0.6 is 0 Å². The third-order valence-corrected chi connectivity index (χ3v) is 3.35. The fourth-order valence-corrected chi connectivity index (χ4v) is 2.40. The van der Waals surface area contributed by atoms with Crippen LogP contribution in [0.25, 0.3) is 11.4 Å². The third-order valence-electron chi connectivity index (χ3n) is 3.35. The van der Waals surface area contributed by atoms with Crippen molar-refractivity contribution in [3.05, 3.63) is 36.2 Å². The number of aromatic nitrogens is 3. The number of nitrogens with zero attached hydrogens (tertiary/aromatic N) is 4. The Morgan fingerprint density at radius 2 is 2.28 bits per heavy atom. The van der Waals surface area contributed by atoms with E-state index in [1.165, 1.54) is 0 Å². The summed E-state index contributed by atoms with van der Waals surface area (Å²) in [7, 11) is 0. The number of pyridine rings is 1. The van der Waals surface area contributed by atoms with Gasteiger partial charge >= 0.3 is 0 Å².